The summed E-state index contributed by atoms with van der Waals surface area (Å²) in [6.07, 6.45) is 4.02. The molecule has 0 spiro atoms. The van der Waals surface area contributed by atoms with Crippen LogP contribution in [0.2, 0.25) is 0 Å². The van der Waals surface area contributed by atoms with Gasteiger partial charge in [-0.15, -0.1) is 0 Å². The van der Waals surface area contributed by atoms with Crippen LogP contribution in [0.3, 0.4) is 0 Å². The van der Waals surface area contributed by atoms with Gasteiger partial charge >= 0.3 is 0 Å². The van der Waals surface area contributed by atoms with Crippen LogP contribution in [0.5, 0.6) is 0 Å². The van der Waals surface area contributed by atoms with Gasteiger partial charge in [-0.3, -0.25) is 14.4 Å². The summed E-state index contributed by atoms with van der Waals surface area (Å²) in [5.74, 6) is -0.0407. The Bertz CT molecular complexity index is 562. The number of amides is 3. The first-order valence-corrected chi connectivity index (χ1v) is 8.37. The molecule has 0 saturated carbocycles. The maximum atomic E-state index is 12.4. The maximum absolute atomic E-state index is 12.4. The standard InChI is InChI=1S/C17H25N3O4/c1-3-6-20(17(23)15-5-12-24-13-15)7-4-16(22)19-10-8-18(9-11-19)14(2)21/h5,12-13H,3-4,6-11H2,1-2H3. The lowest BCUT2D eigenvalue weighted by Crippen LogP contribution is -2.50. The molecule has 1 fully saturated rings. The number of nitrogens with zero attached hydrogens (tertiary/aromatic N) is 3. The van der Waals surface area contributed by atoms with E-state index in [1.807, 2.05) is 6.92 Å². The first kappa shape index (κ1) is 18.0. The SMILES string of the molecule is CCCN(CCC(=O)N1CCN(C(C)=O)CC1)C(=O)c1ccoc1. The predicted octanol–water partition coefficient (Wildman–Crippen LogP) is 1.21. The number of piperazine rings is 1. The Balaban J connectivity index is 1.84. The highest BCUT2D eigenvalue weighted by atomic mass is 16.3. The number of carbonyl (C=O) groups excluding carboxylic acids is 3. The van der Waals surface area contributed by atoms with Gasteiger partial charge in [0.2, 0.25) is 11.8 Å². The molecule has 3 amide bonds. The zero-order chi connectivity index (χ0) is 17.5. The average Bonchev–Trinajstić information content (AvgIpc) is 3.12. The Morgan fingerprint density at radius 1 is 1.12 bits per heavy atom. The quantitative estimate of drug-likeness (QED) is 0.783. The molecular weight excluding hydrogens is 310 g/mol. The van der Waals surface area contributed by atoms with E-state index in [4.69, 9.17) is 4.42 Å². The van der Waals surface area contributed by atoms with Gasteiger partial charge in [0.05, 0.1) is 11.8 Å². The molecule has 0 unspecified atom stereocenters. The molecule has 1 saturated heterocycles. The molecule has 1 aromatic rings. The minimum absolute atomic E-state index is 0.0271. The third-order valence-corrected chi connectivity index (χ3v) is 4.22. The minimum atomic E-state index is -0.111. The van der Waals surface area contributed by atoms with Gasteiger partial charge in [-0.25, -0.2) is 0 Å². The summed E-state index contributed by atoms with van der Waals surface area (Å²) in [6.45, 7) is 6.81. The van der Waals surface area contributed by atoms with Crippen molar-refractivity contribution in [2.45, 2.75) is 26.7 Å². The molecule has 1 aliphatic heterocycles. The molecule has 0 aliphatic carbocycles. The Labute approximate surface area is 142 Å². The zero-order valence-corrected chi connectivity index (χ0v) is 14.4. The lowest BCUT2D eigenvalue weighted by Gasteiger charge is -2.34. The highest BCUT2D eigenvalue weighted by Crippen LogP contribution is 2.09. The fraction of sp³-hybridized carbons (Fsp3) is 0.588. The lowest BCUT2D eigenvalue weighted by molar-refractivity contribution is -0.138. The van der Waals surface area contributed by atoms with Gasteiger partial charge < -0.3 is 19.1 Å². The fourth-order valence-corrected chi connectivity index (χ4v) is 2.81. The van der Waals surface area contributed by atoms with Crippen LogP contribution in [0.15, 0.2) is 23.0 Å². The molecule has 0 atom stereocenters. The van der Waals surface area contributed by atoms with Crippen molar-refractivity contribution >= 4 is 17.7 Å². The molecule has 2 rings (SSSR count). The predicted molar refractivity (Wildman–Crippen MR) is 88.4 cm³/mol. The van der Waals surface area contributed by atoms with Gasteiger partial charge in [0, 0.05) is 52.6 Å². The van der Waals surface area contributed by atoms with E-state index in [9.17, 15) is 14.4 Å². The van der Waals surface area contributed by atoms with Gasteiger partial charge in [0.25, 0.3) is 5.91 Å². The van der Waals surface area contributed by atoms with Crippen LogP contribution in [0.1, 0.15) is 37.0 Å². The van der Waals surface area contributed by atoms with Gasteiger partial charge in [0.1, 0.15) is 6.26 Å². The maximum Gasteiger partial charge on any atom is 0.257 e. The fourth-order valence-electron chi connectivity index (χ4n) is 2.81. The van der Waals surface area contributed by atoms with Crippen LogP contribution in [0, 0.1) is 0 Å². The second kappa shape index (κ2) is 8.52. The molecule has 0 aromatic carbocycles. The Morgan fingerprint density at radius 3 is 2.33 bits per heavy atom. The first-order chi connectivity index (χ1) is 11.5. The van der Waals surface area contributed by atoms with Crippen molar-refractivity contribution < 1.29 is 18.8 Å². The smallest absolute Gasteiger partial charge is 0.257 e. The van der Waals surface area contributed by atoms with Crippen molar-refractivity contribution in [3.63, 3.8) is 0 Å². The number of carbonyl (C=O) groups is 3. The molecule has 24 heavy (non-hydrogen) atoms. The zero-order valence-electron chi connectivity index (χ0n) is 14.4. The van der Waals surface area contributed by atoms with E-state index in [-0.39, 0.29) is 17.7 Å². The molecule has 7 heteroatoms. The Kier molecular flexibility index (Phi) is 6.40. The van der Waals surface area contributed by atoms with E-state index >= 15 is 0 Å². The topological polar surface area (TPSA) is 74.1 Å². The molecule has 132 valence electrons. The van der Waals surface area contributed by atoms with Crippen LogP contribution in [0.25, 0.3) is 0 Å². The van der Waals surface area contributed by atoms with Crippen molar-refractivity contribution in [1.29, 1.82) is 0 Å². The molecule has 7 nitrogen and oxygen atoms in total. The summed E-state index contributed by atoms with van der Waals surface area (Å²) in [5.41, 5.74) is 0.506. The van der Waals surface area contributed by atoms with Crippen molar-refractivity contribution in [3.05, 3.63) is 24.2 Å². The van der Waals surface area contributed by atoms with Crippen LogP contribution in [0.4, 0.5) is 0 Å². The van der Waals surface area contributed by atoms with E-state index in [0.717, 1.165) is 6.42 Å². The first-order valence-electron chi connectivity index (χ1n) is 8.37. The van der Waals surface area contributed by atoms with E-state index in [2.05, 4.69) is 0 Å². The minimum Gasteiger partial charge on any atom is -0.472 e. The average molecular weight is 335 g/mol. The van der Waals surface area contributed by atoms with Gasteiger partial charge in [-0.1, -0.05) is 6.92 Å². The number of rotatable bonds is 6. The number of hydrogen-bond donors (Lipinski definition) is 0. The monoisotopic (exact) mass is 335 g/mol. The van der Waals surface area contributed by atoms with E-state index in [1.165, 1.54) is 12.5 Å². The van der Waals surface area contributed by atoms with Gasteiger partial charge in [-0.05, 0) is 12.5 Å². The van der Waals surface area contributed by atoms with Crippen LogP contribution >= 0.6 is 0 Å². The molecule has 0 radical (unpaired) electrons. The number of furan rings is 1. The number of hydrogen-bond acceptors (Lipinski definition) is 4. The van der Waals surface area contributed by atoms with E-state index in [1.54, 1.807) is 27.7 Å². The Hall–Kier alpha value is -2.31. The third-order valence-electron chi connectivity index (χ3n) is 4.22. The molecule has 2 heterocycles. The summed E-state index contributed by atoms with van der Waals surface area (Å²) in [7, 11) is 0. The highest BCUT2D eigenvalue weighted by molar-refractivity contribution is 5.94. The molecule has 1 aliphatic rings. The summed E-state index contributed by atoms with van der Waals surface area (Å²) in [6, 6.07) is 1.63. The van der Waals surface area contributed by atoms with Crippen LogP contribution in [-0.2, 0) is 9.59 Å². The van der Waals surface area contributed by atoms with Crippen LogP contribution < -0.4 is 0 Å². The Morgan fingerprint density at radius 2 is 1.79 bits per heavy atom. The third kappa shape index (κ3) is 4.59. The summed E-state index contributed by atoms with van der Waals surface area (Å²) in [5, 5.41) is 0. The summed E-state index contributed by atoms with van der Waals surface area (Å²) >= 11 is 0. The van der Waals surface area contributed by atoms with E-state index in [0.29, 0.717) is 51.3 Å². The largest absolute Gasteiger partial charge is 0.472 e. The second-order valence-electron chi connectivity index (χ2n) is 5.94. The molecule has 1 aromatic heterocycles. The van der Waals surface area contributed by atoms with Crippen molar-refractivity contribution in [3.8, 4) is 0 Å². The molecule has 0 bridgehead atoms. The molecule has 0 N–H and O–H groups in total. The van der Waals surface area contributed by atoms with Crippen LogP contribution in [-0.4, -0.2) is 71.7 Å². The van der Waals surface area contributed by atoms with Crippen molar-refractivity contribution in [1.82, 2.24) is 14.7 Å². The summed E-state index contributed by atoms with van der Waals surface area (Å²) < 4.78 is 4.96. The van der Waals surface area contributed by atoms with E-state index < -0.39 is 0 Å². The highest BCUT2D eigenvalue weighted by Gasteiger charge is 2.23. The normalized spacial score (nSPS) is 14.6. The van der Waals surface area contributed by atoms with Crippen molar-refractivity contribution in [2.75, 3.05) is 39.3 Å². The summed E-state index contributed by atoms with van der Waals surface area (Å²) in [4.78, 5) is 41.3. The van der Waals surface area contributed by atoms with Crippen molar-refractivity contribution in [2.24, 2.45) is 0 Å². The molecular formula is C17H25N3O4. The second-order valence-corrected chi connectivity index (χ2v) is 5.94. The lowest BCUT2D eigenvalue weighted by atomic mass is 10.2. The van der Waals surface area contributed by atoms with Gasteiger partial charge in [-0.2, -0.15) is 0 Å². The van der Waals surface area contributed by atoms with Gasteiger partial charge in [0.15, 0.2) is 0 Å².